The molecule has 0 aliphatic carbocycles. The molecule has 2 N–H and O–H groups in total. The molecule has 0 unspecified atom stereocenters. The van der Waals surface area contributed by atoms with Crippen LogP contribution in [0.1, 0.15) is 26.6 Å². The lowest BCUT2D eigenvalue weighted by atomic mass is 10.1. The highest BCUT2D eigenvalue weighted by atomic mass is 79.9. The van der Waals surface area contributed by atoms with Gasteiger partial charge in [-0.25, -0.2) is 9.37 Å². The van der Waals surface area contributed by atoms with Crippen LogP contribution < -0.4 is 5.32 Å². The smallest absolute Gasteiger partial charge is 0.139 e. The molecule has 2 rings (SSSR count). The average Bonchev–Trinajstić information content (AvgIpc) is 2.57. The van der Waals surface area contributed by atoms with Gasteiger partial charge in [0, 0.05) is 11.6 Å². The number of imidazole rings is 1. The number of hydrogen-bond donors (Lipinski definition) is 2. The van der Waals surface area contributed by atoms with Crippen LogP contribution in [0.2, 0.25) is 0 Å². The van der Waals surface area contributed by atoms with E-state index in [1.165, 1.54) is 6.07 Å². The fourth-order valence-corrected chi connectivity index (χ4v) is 1.82. The highest BCUT2D eigenvalue weighted by molar-refractivity contribution is 9.10. The van der Waals surface area contributed by atoms with Crippen LogP contribution in [0.5, 0.6) is 0 Å². The molecule has 1 heterocycles. The Bertz CT molecular complexity index is 503. The number of nitrogens with one attached hydrogen (secondary N) is 2. The summed E-state index contributed by atoms with van der Waals surface area (Å²) in [6.07, 6.45) is 0. The Hall–Kier alpha value is -0.940. The van der Waals surface area contributed by atoms with Crippen molar-refractivity contribution in [1.82, 2.24) is 15.3 Å². The molecule has 17 heavy (non-hydrogen) atoms. The van der Waals surface area contributed by atoms with Gasteiger partial charge in [0.2, 0.25) is 0 Å². The SMILES string of the molecule is CC(C)(C)NCc1nc2cc(Br)c(F)cc2[nH]1. The monoisotopic (exact) mass is 299 g/mol. The van der Waals surface area contributed by atoms with E-state index in [1.54, 1.807) is 6.07 Å². The van der Waals surface area contributed by atoms with Crippen molar-refractivity contribution >= 4 is 27.0 Å². The molecule has 0 amide bonds. The number of H-pyrrole nitrogens is 1. The zero-order chi connectivity index (χ0) is 12.6. The second-order valence-electron chi connectivity index (χ2n) is 5.07. The van der Waals surface area contributed by atoms with Crippen molar-refractivity contribution in [3.05, 3.63) is 28.2 Å². The minimum atomic E-state index is -0.281. The number of nitrogens with zero attached hydrogens (tertiary/aromatic N) is 1. The van der Waals surface area contributed by atoms with E-state index in [0.29, 0.717) is 11.0 Å². The summed E-state index contributed by atoms with van der Waals surface area (Å²) in [7, 11) is 0. The Labute approximate surface area is 108 Å². The summed E-state index contributed by atoms with van der Waals surface area (Å²) >= 11 is 3.15. The molecule has 0 aliphatic heterocycles. The largest absolute Gasteiger partial charge is 0.341 e. The average molecular weight is 300 g/mol. The van der Waals surface area contributed by atoms with Gasteiger partial charge in [0.15, 0.2) is 0 Å². The fourth-order valence-electron chi connectivity index (χ4n) is 1.49. The standard InChI is InChI=1S/C12H15BrFN3/c1-12(2,3)15-6-11-16-9-4-7(13)8(14)5-10(9)17-11/h4-5,15H,6H2,1-3H3,(H,16,17). The van der Waals surface area contributed by atoms with E-state index in [-0.39, 0.29) is 11.4 Å². The molecule has 0 spiro atoms. The summed E-state index contributed by atoms with van der Waals surface area (Å²) in [6.45, 7) is 6.90. The molecule has 0 aliphatic rings. The van der Waals surface area contributed by atoms with Crippen molar-refractivity contribution in [3.8, 4) is 0 Å². The Kier molecular flexibility index (Phi) is 3.23. The number of aromatic amines is 1. The van der Waals surface area contributed by atoms with E-state index in [0.717, 1.165) is 16.9 Å². The van der Waals surface area contributed by atoms with Crippen molar-refractivity contribution in [3.63, 3.8) is 0 Å². The van der Waals surface area contributed by atoms with Gasteiger partial charge in [0.05, 0.1) is 22.1 Å². The Balaban J connectivity index is 2.26. The molecule has 1 aromatic carbocycles. The molecule has 0 saturated carbocycles. The Morgan fingerprint density at radius 1 is 1.41 bits per heavy atom. The summed E-state index contributed by atoms with van der Waals surface area (Å²) in [6, 6.07) is 3.13. The molecule has 0 radical (unpaired) electrons. The molecule has 5 heteroatoms. The number of aromatic nitrogens is 2. The van der Waals surface area contributed by atoms with E-state index < -0.39 is 0 Å². The van der Waals surface area contributed by atoms with Gasteiger partial charge in [-0.3, -0.25) is 0 Å². The van der Waals surface area contributed by atoms with E-state index in [4.69, 9.17) is 0 Å². The van der Waals surface area contributed by atoms with Crippen LogP contribution in [0.15, 0.2) is 16.6 Å². The van der Waals surface area contributed by atoms with Crippen LogP contribution in [0, 0.1) is 5.82 Å². The number of fused-ring (bicyclic) bond motifs is 1. The molecule has 92 valence electrons. The predicted octanol–water partition coefficient (Wildman–Crippen LogP) is 3.35. The quantitative estimate of drug-likeness (QED) is 0.893. The minimum absolute atomic E-state index is 0.0325. The van der Waals surface area contributed by atoms with Crippen LogP contribution in [0.3, 0.4) is 0 Å². The van der Waals surface area contributed by atoms with Crippen molar-refractivity contribution in [1.29, 1.82) is 0 Å². The number of halogens is 2. The van der Waals surface area contributed by atoms with Crippen molar-refractivity contribution in [2.75, 3.05) is 0 Å². The van der Waals surface area contributed by atoms with Gasteiger partial charge in [0.1, 0.15) is 11.6 Å². The summed E-state index contributed by atoms with van der Waals surface area (Å²) in [5, 5.41) is 3.33. The van der Waals surface area contributed by atoms with Gasteiger partial charge in [-0.1, -0.05) is 0 Å². The van der Waals surface area contributed by atoms with Gasteiger partial charge >= 0.3 is 0 Å². The lowest BCUT2D eigenvalue weighted by Crippen LogP contribution is -2.35. The highest BCUT2D eigenvalue weighted by Gasteiger charge is 2.11. The van der Waals surface area contributed by atoms with Gasteiger partial charge in [-0.15, -0.1) is 0 Å². The first-order valence-electron chi connectivity index (χ1n) is 5.44. The first-order valence-corrected chi connectivity index (χ1v) is 6.23. The van der Waals surface area contributed by atoms with E-state index in [2.05, 4.69) is 52.0 Å². The third-order valence-corrected chi connectivity index (χ3v) is 2.97. The normalized spacial score (nSPS) is 12.3. The first-order chi connectivity index (χ1) is 7.85. The summed E-state index contributed by atoms with van der Waals surface area (Å²) < 4.78 is 13.8. The van der Waals surface area contributed by atoms with Crippen molar-refractivity contribution in [2.45, 2.75) is 32.9 Å². The second kappa shape index (κ2) is 4.38. The van der Waals surface area contributed by atoms with Crippen molar-refractivity contribution < 1.29 is 4.39 Å². The van der Waals surface area contributed by atoms with Gasteiger partial charge in [-0.2, -0.15) is 0 Å². The number of hydrogen-bond acceptors (Lipinski definition) is 2. The lowest BCUT2D eigenvalue weighted by Gasteiger charge is -2.19. The Morgan fingerprint density at radius 3 is 2.76 bits per heavy atom. The maximum Gasteiger partial charge on any atom is 0.139 e. The van der Waals surface area contributed by atoms with Crippen molar-refractivity contribution in [2.24, 2.45) is 0 Å². The summed E-state index contributed by atoms with van der Waals surface area (Å²) in [5.41, 5.74) is 1.52. The number of benzene rings is 1. The third kappa shape index (κ3) is 3.04. The molecule has 1 aromatic heterocycles. The molecule has 0 saturated heterocycles. The number of rotatable bonds is 2. The highest BCUT2D eigenvalue weighted by Crippen LogP contribution is 2.21. The predicted molar refractivity (Wildman–Crippen MR) is 70.3 cm³/mol. The molecular weight excluding hydrogens is 285 g/mol. The topological polar surface area (TPSA) is 40.7 Å². The zero-order valence-electron chi connectivity index (χ0n) is 10.1. The maximum absolute atomic E-state index is 13.3. The van der Waals surface area contributed by atoms with E-state index >= 15 is 0 Å². The first kappa shape index (κ1) is 12.5. The van der Waals surface area contributed by atoms with Crippen LogP contribution in [-0.2, 0) is 6.54 Å². The van der Waals surface area contributed by atoms with Crippen LogP contribution in [0.25, 0.3) is 11.0 Å². The minimum Gasteiger partial charge on any atom is -0.341 e. The molecular formula is C12H15BrFN3. The van der Waals surface area contributed by atoms with Crippen LogP contribution in [-0.4, -0.2) is 15.5 Å². The summed E-state index contributed by atoms with van der Waals surface area (Å²) in [5.74, 6) is 0.531. The second-order valence-corrected chi connectivity index (χ2v) is 5.92. The van der Waals surface area contributed by atoms with Gasteiger partial charge < -0.3 is 10.3 Å². The van der Waals surface area contributed by atoms with E-state index in [9.17, 15) is 4.39 Å². The van der Waals surface area contributed by atoms with E-state index in [1.807, 2.05) is 0 Å². The maximum atomic E-state index is 13.3. The molecule has 2 aromatic rings. The fraction of sp³-hybridized carbons (Fsp3) is 0.417. The van der Waals surface area contributed by atoms with Gasteiger partial charge in [-0.05, 0) is 42.8 Å². The Morgan fingerprint density at radius 2 is 2.12 bits per heavy atom. The van der Waals surface area contributed by atoms with Crippen LogP contribution in [0.4, 0.5) is 4.39 Å². The van der Waals surface area contributed by atoms with Crippen LogP contribution >= 0.6 is 15.9 Å². The summed E-state index contributed by atoms with van der Waals surface area (Å²) in [4.78, 5) is 7.50. The molecule has 0 atom stereocenters. The molecule has 0 fully saturated rings. The third-order valence-electron chi connectivity index (χ3n) is 2.36. The zero-order valence-corrected chi connectivity index (χ0v) is 11.7. The lowest BCUT2D eigenvalue weighted by molar-refractivity contribution is 0.419. The molecule has 0 bridgehead atoms. The van der Waals surface area contributed by atoms with Gasteiger partial charge in [0.25, 0.3) is 0 Å². The molecule has 3 nitrogen and oxygen atoms in total.